The number of aromatic nitrogens is 2. The fourth-order valence-electron chi connectivity index (χ4n) is 5.06. The van der Waals surface area contributed by atoms with Crippen LogP contribution in [0.5, 0.6) is 0 Å². The zero-order valence-corrected chi connectivity index (χ0v) is 19.9. The van der Waals surface area contributed by atoms with Gasteiger partial charge in [0, 0.05) is 5.02 Å². The van der Waals surface area contributed by atoms with Crippen molar-refractivity contribution in [1.82, 2.24) is 9.13 Å². The number of methoxy groups -OCH3 is 1. The van der Waals surface area contributed by atoms with Crippen molar-refractivity contribution in [3.8, 4) is 5.69 Å². The van der Waals surface area contributed by atoms with Crippen LogP contribution >= 0.6 is 11.6 Å². The quantitative estimate of drug-likeness (QED) is 0.364. The Hall–Kier alpha value is -3.61. The Balaban J connectivity index is 1.52. The summed E-state index contributed by atoms with van der Waals surface area (Å²) in [4.78, 5) is 26.2. The van der Waals surface area contributed by atoms with E-state index in [0.717, 1.165) is 46.3 Å². The number of benzene rings is 3. The van der Waals surface area contributed by atoms with Crippen LogP contribution in [-0.4, -0.2) is 35.4 Å². The van der Waals surface area contributed by atoms with E-state index in [1.54, 1.807) is 16.7 Å². The minimum atomic E-state index is -0.523. The van der Waals surface area contributed by atoms with Crippen LogP contribution in [0.2, 0.25) is 5.02 Å². The molecular formula is C28H23ClN2O4. The van der Waals surface area contributed by atoms with E-state index in [-0.39, 0.29) is 5.69 Å². The van der Waals surface area contributed by atoms with E-state index in [9.17, 15) is 9.59 Å². The van der Waals surface area contributed by atoms with Gasteiger partial charge in [0.25, 0.3) is 0 Å². The molecule has 0 amide bonds. The zero-order valence-electron chi connectivity index (χ0n) is 19.2. The summed E-state index contributed by atoms with van der Waals surface area (Å²) in [5.41, 5.74) is 5.27. The summed E-state index contributed by atoms with van der Waals surface area (Å²) in [6, 6.07) is 20.8. The topological polar surface area (TPSA) is 62.5 Å². The normalized spacial score (nSPS) is 16.3. The molecule has 1 saturated carbocycles. The summed E-state index contributed by atoms with van der Waals surface area (Å²) in [6.45, 7) is 1.23. The highest BCUT2D eigenvalue weighted by Crippen LogP contribution is 2.50. The van der Waals surface area contributed by atoms with Gasteiger partial charge in [-0.05, 0) is 72.0 Å². The molecule has 0 N–H and O–H groups in total. The van der Waals surface area contributed by atoms with E-state index in [1.807, 2.05) is 59.2 Å². The SMILES string of the molecule is COC(=O)c1cccc(C2(n3c(=O)n(-c4ccc(C5=CCOC5)cc4)c4cc(Cl)ccc43)CC2)c1. The lowest BCUT2D eigenvalue weighted by Crippen LogP contribution is -2.32. The minimum absolute atomic E-state index is 0.139. The predicted octanol–water partition coefficient (Wildman–Crippen LogP) is 5.18. The number of rotatable bonds is 5. The summed E-state index contributed by atoms with van der Waals surface area (Å²) >= 11 is 6.37. The molecule has 1 fully saturated rings. The number of fused-ring (bicyclic) bond motifs is 1. The molecule has 35 heavy (non-hydrogen) atoms. The predicted molar refractivity (Wildman–Crippen MR) is 135 cm³/mol. The first kappa shape index (κ1) is 21.9. The highest BCUT2D eigenvalue weighted by Gasteiger charge is 2.49. The zero-order chi connectivity index (χ0) is 24.2. The molecule has 0 saturated heterocycles. The van der Waals surface area contributed by atoms with Crippen molar-refractivity contribution in [3.63, 3.8) is 0 Å². The maximum absolute atomic E-state index is 14.0. The van der Waals surface area contributed by atoms with Gasteiger partial charge in [-0.2, -0.15) is 0 Å². The van der Waals surface area contributed by atoms with Crippen LogP contribution in [0.15, 0.2) is 77.6 Å². The Morgan fingerprint density at radius 2 is 1.83 bits per heavy atom. The first-order valence-electron chi connectivity index (χ1n) is 11.5. The third-order valence-corrected chi connectivity index (χ3v) is 7.21. The Morgan fingerprint density at radius 3 is 2.51 bits per heavy atom. The standard InChI is InChI=1S/C28H23ClN2O4/c1-34-26(32)19-3-2-4-21(15-19)28(12-13-28)31-24-10-7-22(29)16-25(24)30(27(31)33)23-8-5-18(6-9-23)20-11-14-35-17-20/h2-11,15-16H,12-14,17H2,1H3. The molecule has 6 nitrogen and oxygen atoms in total. The monoisotopic (exact) mass is 486 g/mol. The number of carbonyl (C=O) groups is 1. The second-order valence-electron chi connectivity index (χ2n) is 8.98. The van der Waals surface area contributed by atoms with Crippen molar-refractivity contribution < 1.29 is 14.3 Å². The van der Waals surface area contributed by atoms with Crippen LogP contribution in [0.25, 0.3) is 22.3 Å². The molecule has 1 aliphatic heterocycles. The second-order valence-corrected chi connectivity index (χ2v) is 9.42. The lowest BCUT2D eigenvalue weighted by Gasteiger charge is -2.19. The molecular weight excluding hydrogens is 464 g/mol. The highest BCUT2D eigenvalue weighted by atomic mass is 35.5. The number of ether oxygens (including phenoxy) is 2. The molecule has 0 bridgehead atoms. The van der Waals surface area contributed by atoms with Crippen LogP contribution in [0.3, 0.4) is 0 Å². The van der Waals surface area contributed by atoms with Crippen LogP contribution < -0.4 is 5.69 Å². The van der Waals surface area contributed by atoms with Gasteiger partial charge in [0.15, 0.2) is 0 Å². The molecule has 2 heterocycles. The third kappa shape index (κ3) is 3.52. The molecule has 7 heteroatoms. The van der Waals surface area contributed by atoms with Crippen molar-refractivity contribution in [2.24, 2.45) is 0 Å². The molecule has 1 aromatic heterocycles. The highest BCUT2D eigenvalue weighted by molar-refractivity contribution is 6.31. The van der Waals surface area contributed by atoms with Crippen LogP contribution in [-0.2, 0) is 15.0 Å². The molecule has 0 atom stereocenters. The largest absolute Gasteiger partial charge is 0.465 e. The molecule has 6 rings (SSSR count). The van der Waals surface area contributed by atoms with E-state index < -0.39 is 11.5 Å². The van der Waals surface area contributed by atoms with Gasteiger partial charge in [-0.15, -0.1) is 0 Å². The minimum Gasteiger partial charge on any atom is -0.465 e. The molecule has 0 spiro atoms. The van der Waals surface area contributed by atoms with Crippen LogP contribution in [0.4, 0.5) is 0 Å². The van der Waals surface area contributed by atoms with E-state index >= 15 is 0 Å². The van der Waals surface area contributed by atoms with Crippen molar-refractivity contribution in [1.29, 1.82) is 0 Å². The van der Waals surface area contributed by atoms with Crippen LogP contribution in [0.1, 0.15) is 34.3 Å². The Kier molecular flexibility index (Phi) is 5.16. The smallest absolute Gasteiger partial charge is 0.337 e. The molecule has 4 aromatic rings. The number of hydrogen-bond donors (Lipinski definition) is 0. The average molecular weight is 487 g/mol. The molecule has 176 valence electrons. The van der Waals surface area contributed by atoms with Gasteiger partial charge in [0.1, 0.15) is 0 Å². The van der Waals surface area contributed by atoms with E-state index in [4.69, 9.17) is 21.1 Å². The number of hydrogen-bond acceptors (Lipinski definition) is 4. The lowest BCUT2D eigenvalue weighted by atomic mass is 10.0. The first-order valence-corrected chi connectivity index (χ1v) is 11.9. The lowest BCUT2D eigenvalue weighted by molar-refractivity contribution is 0.0600. The summed E-state index contributed by atoms with van der Waals surface area (Å²) in [5.74, 6) is -0.396. The van der Waals surface area contributed by atoms with Crippen molar-refractivity contribution in [2.45, 2.75) is 18.4 Å². The fraction of sp³-hybridized carbons (Fsp3) is 0.214. The molecule has 0 unspecified atom stereocenters. The Labute approximate surface area is 207 Å². The van der Waals surface area contributed by atoms with Crippen molar-refractivity contribution in [3.05, 3.63) is 105 Å². The number of imidazole rings is 1. The molecule has 1 aliphatic carbocycles. The second kappa shape index (κ2) is 8.26. The van der Waals surface area contributed by atoms with Gasteiger partial charge in [-0.1, -0.05) is 41.9 Å². The third-order valence-electron chi connectivity index (χ3n) is 6.98. The van der Waals surface area contributed by atoms with Gasteiger partial charge < -0.3 is 9.47 Å². The van der Waals surface area contributed by atoms with Gasteiger partial charge in [0.2, 0.25) is 0 Å². The van der Waals surface area contributed by atoms with E-state index in [0.29, 0.717) is 23.8 Å². The molecule has 2 aliphatic rings. The van der Waals surface area contributed by atoms with Gasteiger partial charge in [-0.25, -0.2) is 9.59 Å². The van der Waals surface area contributed by atoms with Gasteiger partial charge in [-0.3, -0.25) is 9.13 Å². The van der Waals surface area contributed by atoms with Gasteiger partial charge in [0.05, 0.1) is 48.1 Å². The fourth-order valence-corrected chi connectivity index (χ4v) is 5.23. The molecule has 3 aromatic carbocycles. The molecule has 0 radical (unpaired) electrons. The average Bonchev–Trinajstić information content (AvgIpc) is 3.37. The Morgan fingerprint density at radius 1 is 1.03 bits per heavy atom. The van der Waals surface area contributed by atoms with Gasteiger partial charge >= 0.3 is 11.7 Å². The summed E-state index contributed by atoms with van der Waals surface area (Å²) in [6.07, 6.45) is 3.67. The maximum Gasteiger partial charge on any atom is 0.337 e. The number of carbonyl (C=O) groups excluding carboxylic acids is 1. The summed E-state index contributed by atoms with van der Waals surface area (Å²) in [5, 5.41) is 0.561. The number of esters is 1. The van der Waals surface area contributed by atoms with Crippen molar-refractivity contribution in [2.75, 3.05) is 20.3 Å². The van der Waals surface area contributed by atoms with Crippen molar-refractivity contribution >= 4 is 34.2 Å². The first-order chi connectivity index (χ1) is 17.0. The van der Waals surface area contributed by atoms with E-state index in [1.165, 1.54) is 7.11 Å². The number of nitrogens with zero attached hydrogens (tertiary/aromatic N) is 2. The van der Waals surface area contributed by atoms with Crippen LogP contribution in [0, 0.1) is 0 Å². The summed E-state index contributed by atoms with van der Waals surface area (Å²) < 4.78 is 13.9. The Bertz CT molecular complexity index is 1560. The summed E-state index contributed by atoms with van der Waals surface area (Å²) in [7, 11) is 1.37. The van der Waals surface area contributed by atoms with E-state index in [2.05, 4.69) is 6.08 Å². The number of halogens is 1. The maximum atomic E-state index is 14.0.